The van der Waals surface area contributed by atoms with E-state index in [-0.39, 0.29) is 37.9 Å². The van der Waals surface area contributed by atoms with Crippen LogP contribution in [0.3, 0.4) is 0 Å². The zero-order valence-corrected chi connectivity index (χ0v) is 21.9. The molecule has 1 aromatic heterocycles. The Morgan fingerprint density at radius 3 is 2.68 bits per heavy atom. The molecule has 1 aliphatic rings. The molecule has 0 bridgehead atoms. The molecule has 2 heterocycles. The average molecular weight is 542 g/mol. The Morgan fingerprint density at radius 1 is 1.16 bits per heavy atom. The molecule has 11 nitrogen and oxygen atoms in total. The van der Waals surface area contributed by atoms with E-state index in [1.54, 1.807) is 25.1 Å². The van der Waals surface area contributed by atoms with Crippen molar-refractivity contribution in [1.82, 2.24) is 20.5 Å². The number of amides is 2. The summed E-state index contributed by atoms with van der Waals surface area (Å²) >= 11 is 1.51. The molecule has 202 valence electrons. The lowest BCUT2D eigenvalue weighted by Crippen LogP contribution is -2.38. The fourth-order valence-corrected chi connectivity index (χ4v) is 4.98. The van der Waals surface area contributed by atoms with Gasteiger partial charge in [0.2, 0.25) is 0 Å². The molecule has 0 aliphatic carbocycles. The number of esters is 1. The summed E-state index contributed by atoms with van der Waals surface area (Å²) in [5, 5.41) is 22.1. The first-order chi connectivity index (χ1) is 18.5. The number of nitrogens with one attached hydrogen (secondary N) is 3. The maximum atomic E-state index is 12.3. The summed E-state index contributed by atoms with van der Waals surface area (Å²) < 4.78 is 17.7. The van der Waals surface area contributed by atoms with Gasteiger partial charge in [-0.3, -0.25) is 9.89 Å². The minimum atomic E-state index is -0.696. The SMILES string of the molecule is CCOC(=O)CNC(=O)Nc1cccc(C2OC(CSc3ncn[nH]3)C(C)C(c3ccc(CO)cc3)O2)c1. The van der Waals surface area contributed by atoms with Crippen molar-refractivity contribution in [3.8, 4) is 0 Å². The largest absolute Gasteiger partial charge is 0.465 e. The highest BCUT2D eigenvalue weighted by molar-refractivity contribution is 7.99. The molecule has 38 heavy (non-hydrogen) atoms. The van der Waals surface area contributed by atoms with Gasteiger partial charge in [-0.2, -0.15) is 5.10 Å². The van der Waals surface area contributed by atoms with Crippen LogP contribution in [0, 0.1) is 5.92 Å². The van der Waals surface area contributed by atoms with E-state index < -0.39 is 18.3 Å². The number of rotatable bonds is 10. The van der Waals surface area contributed by atoms with Gasteiger partial charge in [0, 0.05) is 22.9 Å². The van der Waals surface area contributed by atoms with E-state index in [0.717, 1.165) is 16.7 Å². The van der Waals surface area contributed by atoms with Crippen LogP contribution < -0.4 is 10.6 Å². The van der Waals surface area contributed by atoms with Crippen LogP contribution in [0.4, 0.5) is 10.5 Å². The summed E-state index contributed by atoms with van der Waals surface area (Å²) in [6, 6.07) is 14.3. The number of carbonyl (C=O) groups is 2. The van der Waals surface area contributed by atoms with Crippen LogP contribution >= 0.6 is 11.8 Å². The second-order valence-electron chi connectivity index (χ2n) is 8.66. The molecule has 0 spiro atoms. The number of aliphatic hydroxyl groups is 1. The Kier molecular flexibility index (Phi) is 9.71. The van der Waals surface area contributed by atoms with Gasteiger partial charge in [0.05, 0.1) is 25.4 Å². The number of ether oxygens (including phenoxy) is 3. The van der Waals surface area contributed by atoms with E-state index in [1.807, 2.05) is 30.3 Å². The number of nitrogens with zero attached hydrogens (tertiary/aromatic N) is 2. The highest BCUT2D eigenvalue weighted by Crippen LogP contribution is 2.43. The van der Waals surface area contributed by atoms with Crippen molar-refractivity contribution in [2.24, 2.45) is 5.92 Å². The third kappa shape index (κ3) is 7.32. The number of aliphatic hydroxyl groups excluding tert-OH is 1. The van der Waals surface area contributed by atoms with Gasteiger partial charge in [-0.05, 0) is 30.2 Å². The Labute approximate surface area is 224 Å². The molecule has 4 rings (SSSR count). The highest BCUT2D eigenvalue weighted by atomic mass is 32.2. The fraction of sp³-hybridized carbons (Fsp3) is 0.385. The number of urea groups is 1. The minimum absolute atomic E-state index is 0.0108. The monoisotopic (exact) mass is 541 g/mol. The number of H-pyrrole nitrogens is 1. The predicted octanol–water partition coefficient (Wildman–Crippen LogP) is 3.57. The Morgan fingerprint density at radius 2 is 1.97 bits per heavy atom. The van der Waals surface area contributed by atoms with Crippen molar-refractivity contribution in [3.63, 3.8) is 0 Å². The van der Waals surface area contributed by atoms with Gasteiger partial charge in [0.25, 0.3) is 0 Å². The van der Waals surface area contributed by atoms with Crippen LogP contribution in [0.1, 0.15) is 42.9 Å². The summed E-state index contributed by atoms with van der Waals surface area (Å²) in [5.41, 5.74) is 3.05. The van der Waals surface area contributed by atoms with Crippen LogP contribution in [0.25, 0.3) is 0 Å². The van der Waals surface area contributed by atoms with Gasteiger partial charge in [-0.15, -0.1) is 0 Å². The number of benzene rings is 2. The molecule has 0 saturated carbocycles. The first kappa shape index (κ1) is 27.6. The molecule has 3 aromatic rings. The van der Waals surface area contributed by atoms with Crippen LogP contribution in [0.5, 0.6) is 0 Å². The summed E-state index contributed by atoms with van der Waals surface area (Å²) in [6.07, 6.45) is 0.312. The maximum absolute atomic E-state index is 12.3. The number of anilines is 1. The molecule has 2 aromatic carbocycles. The van der Waals surface area contributed by atoms with Crippen LogP contribution in [0.2, 0.25) is 0 Å². The zero-order valence-electron chi connectivity index (χ0n) is 21.1. The van der Waals surface area contributed by atoms with Crippen molar-refractivity contribution in [2.45, 2.75) is 44.1 Å². The van der Waals surface area contributed by atoms with Crippen molar-refractivity contribution in [3.05, 3.63) is 71.5 Å². The number of aromatic amines is 1. The second-order valence-corrected chi connectivity index (χ2v) is 9.67. The van der Waals surface area contributed by atoms with Crippen LogP contribution in [-0.4, -0.2) is 57.3 Å². The first-order valence-corrected chi connectivity index (χ1v) is 13.2. The van der Waals surface area contributed by atoms with E-state index in [1.165, 1.54) is 18.1 Å². The summed E-state index contributed by atoms with van der Waals surface area (Å²) in [6.45, 7) is 3.77. The van der Waals surface area contributed by atoms with Gasteiger partial charge in [-0.25, -0.2) is 9.78 Å². The Bertz CT molecular complexity index is 1190. The van der Waals surface area contributed by atoms with Gasteiger partial charge in [0.1, 0.15) is 12.9 Å². The maximum Gasteiger partial charge on any atom is 0.325 e. The van der Waals surface area contributed by atoms with E-state index >= 15 is 0 Å². The quantitative estimate of drug-likeness (QED) is 0.223. The average Bonchev–Trinajstić information content (AvgIpc) is 3.46. The van der Waals surface area contributed by atoms with Crippen molar-refractivity contribution in [1.29, 1.82) is 0 Å². The van der Waals surface area contributed by atoms with Gasteiger partial charge >= 0.3 is 12.0 Å². The molecule has 1 aliphatic heterocycles. The third-order valence-corrected chi connectivity index (χ3v) is 6.98. The van der Waals surface area contributed by atoms with E-state index in [4.69, 9.17) is 14.2 Å². The predicted molar refractivity (Wildman–Crippen MR) is 140 cm³/mol. The van der Waals surface area contributed by atoms with Gasteiger partial charge in [0.15, 0.2) is 11.4 Å². The standard InChI is InChI=1S/C26H31N5O6S/c1-3-35-22(33)12-27-25(34)30-20-6-4-5-19(11-20)24-36-21(14-38-26-28-15-29-31-26)16(2)23(37-24)18-9-7-17(13-32)8-10-18/h4-11,15-16,21,23-24,32H,3,12-14H2,1-2H3,(H2,27,30,34)(H,28,29,31). The minimum Gasteiger partial charge on any atom is -0.465 e. The van der Waals surface area contributed by atoms with Crippen LogP contribution in [-0.2, 0) is 25.6 Å². The lowest BCUT2D eigenvalue weighted by atomic mass is 9.91. The van der Waals surface area contributed by atoms with Crippen molar-refractivity contribution in [2.75, 3.05) is 24.2 Å². The second kappa shape index (κ2) is 13.4. The Hall–Kier alpha value is -3.45. The zero-order chi connectivity index (χ0) is 26.9. The lowest BCUT2D eigenvalue weighted by molar-refractivity contribution is -0.268. The number of hydrogen-bond acceptors (Lipinski definition) is 9. The molecular formula is C26H31N5O6S. The summed E-state index contributed by atoms with van der Waals surface area (Å²) in [5.74, 6) is 0.119. The number of carbonyl (C=O) groups excluding carboxylic acids is 2. The lowest BCUT2D eigenvalue weighted by Gasteiger charge is -2.41. The van der Waals surface area contributed by atoms with Crippen LogP contribution in [0.15, 0.2) is 60.0 Å². The topological polar surface area (TPSA) is 148 Å². The molecule has 1 fully saturated rings. The summed E-state index contributed by atoms with van der Waals surface area (Å²) in [4.78, 5) is 28.0. The normalized spacial score (nSPS) is 21.0. The molecule has 4 N–H and O–H groups in total. The fourth-order valence-electron chi connectivity index (χ4n) is 4.04. The van der Waals surface area contributed by atoms with E-state index in [0.29, 0.717) is 16.6 Å². The third-order valence-electron chi connectivity index (χ3n) is 6.02. The van der Waals surface area contributed by atoms with E-state index in [9.17, 15) is 14.7 Å². The molecule has 0 radical (unpaired) electrons. The number of hydrogen-bond donors (Lipinski definition) is 4. The number of aromatic nitrogens is 3. The molecule has 1 saturated heterocycles. The van der Waals surface area contributed by atoms with Crippen molar-refractivity contribution >= 4 is 29.4 Å². The summed E-state index contributed by atoms with van der Waals surface area (Å²) in [7, 11) is 0. The molecule has 4 unspecified atom stereocenters. The molecular weight excluding hydrogens is 510 g/mol. The smallest absolute Gasteiger partial charge is 0.325 e. The Balaban J connectivity index is 1.50. The van der Waals surface area contributed by atoms with Gasteiger partial charge in [-0.1, -0.05) is 55.1 Å². The highest BCUT2D eigenvalue weighted by Gasteiger charge is 2.38. The molecule has 2 amide bonds. The van der Waals surface area contributed by atoms with E-state index in [2.05, 4.69) is 32.7 Å². The number of thioether (sulfide) groups is 1. The van der Waals surface area contributed by atoms with Gasteiger partial charge < -0.3 is 30.0 Å². The molecule has 4 atom stereocenters. The molecule has 12 heteroatoms. The van der Waals surface area contributed by atoms with Crippen molar-refractivity contribution < 1.29 is 28.9 Å². The first-order valence-electron chi connectivity index (χ1n) is 12.3.